The number of nitrogens with zero attached hydrogens (tertiary/aromatic N) is 3. The molecule has 0 saturated heterocycles. The molecule has 2 atom stereocenters. The first-order chi connectivity index (χ1) is 8.56. The van der Waals surface area contributed by atoms with Crippen molar-refractivity contribution in [2.24, 2.45) is 5.92 Å². The van der Waals surface area contributed by atoms with E-state index in [1.54, 1.807) is 0 Å². The third-order valence-corrected chi connectivity index (χ3v) is 3.40. The minimum Gasteiger partial charge on any atom is -0.481 e. The van der Waals surface area contributed by atoms with Crippen LogP contribution >= 0.6 is 0 Å². The lowest BCUT2D eigenvalue weighted by atomic mass is 10.1. The van der Waals surface area contributed by atoms with Crippen LogP contribution in [0.25, 0.3) is 0 Å². The van der Waals surface area contributed by atoms with Crippen LogP contribution in [0.15, 0.2) is 4.52 Å². The standard InChI is InChI=1S/C12H19N3O3/c1-15(2)6-5-10-13-11(18-14-10)8-3-4-9(7-8)12(16)17/h8-9H,3-7H2,1-2H3,(H,16,17). The van der Waals surface area contributed by atoms with E-state index in [0.717, 1.165) is 19.4 Å². The normalized spacial score (nSPS) is 23.7. The largest absolute Gasteiger partial charge is 0.481 e. The van der Waals surface area contributed by atoms with Gasteiger partial charge in [0.2, 0.25) is 5.89 Å². The summed E-state index contributed by atoms with van der Waals surface area (Å²) in [6.07, 6.45) is 2.90. The maximum Gasteiger partial charge on any atom is 0.306 e. The highest BCUT2D eigenvalue weighted by Gasteiger charge is 2.33. The second kappa shape index (κ2) is 5.48. The van der Waals surface area contributed by atoms with Gasteiger partial charge >= 0.3 is 5.97 Å². The van der Waals surface area contributed by atoms with Gasteiger partial charge in [-0.25, -0.2) is 0 Å². The van der Waals surface area contributed by atoms with E-state index in [1.807, 2.05) is 14.1 Å². The molecule has 0 aromatic carbocycles. The molecule has 2 unspecified atom stereocenters. The molecule has 0 aliphatic heterocycles. The van der Waals surface area contributed by atoms with Crippen LogP contribution in [0.1, 0.15) is 36.9 Å². The quantitative estimate of drug-likeness (QED) is 0.847. The lowest BCUT2D eigenvalue weighted by Gasteiger charge is -2.05. The van der Waals surface area contributed by atoms with Crippen molar-refractivity contribution in [2.75, 3.05) is 20.6 Å². The minimum atomic E-state index is -0.718. The number of likely N-dealkylation sites (N-methyl/N-ethyl adjacent to an activating group) is 1. The van der Waals surface area contributed by atoms with Crippen LogP contribution in [0.2, 0.25) is 0 Å². The van der Waals surface area contributed by atoms with Gasteiger partial charge in [-0.05, 0) is 33.4 Å². The van der Waals surface area contributed by atoms with Gasteiger partial charge in [-0.3, -0.25) is 4.79 Å². The molecular formula is C12H19N3O3. The van der Waals surface area contributed by atoms with Crippen LogP contribution in [0.4, 0.5) is 0 Å². The van der Waals surface area contributed by atoms with Crippen molar-refractivity contribution in [3.63, 3.8) is 0 Å². The van der Waals surface area contributed by atoms with Crippen molar-refractivity contribution in [1.82, 2.24) is 15.0 Å². The Bertz CT molecular complexity index is 416. The Morgan fingerprint density at radius 3 is 2.89 bits per heavy atom. The van der Waals surface area contributed by atoms with Crippen molar-refractivity contribution < 1.29 is 14.4 Å². The Labute approximate surface area is 106 Å². The first-order valence-electron chi connectivity index (χ1n) is 6.26. The average molecular weight is 253 g/mol. The summed E-state index contributed by atoms with van der Waals surface area (Å²) in [5.74, 6) is 0.452. The molecule has 2 rings (SSSR count). The van der Waals surface area contributed by atoms with Crippen LogP contribution in [0.5, 0.6) is 0 Å². The zero-order valence-corrected chi connectivity index (χ0v) is 10.8. The second-order valence-electron chi connectivity index (χ2n) is 5.15. The van der Waals surface area contributed by atoms with Crippen molar-refractivity contribution in [3.8, 4) is 0 Å². The summed E-state index contributed by atoms with van der Waals surface area (Å²) in [4.78, 5) is 17.3. The molecule has 0 radical (unpaired) electrons. The van der Waals surface area contributed by atoms with E-state index in [0.29, 0.717) is 24.6 Å². The molecule has 1 aromatic heterocycles. The molecule has 0 amide bonds. The van der Waals surface area contributed by atoms with Gasteiger partial charge in [0.15, 0.2) is 5.82 Å². The minimum absolute atomic E-state index is 0.117. The van der Waals surface area contributed by atoms with Gasteiger partial charge in [0, 0.05) is 18.9 Å². The summed E-state index contributed by atoms with van der Waals surface area (Å²) in [6.45, 7) is 0.876. The molecular weight excluding hydrogens is 234 g/mol. The maximum absolute atomic E-state index is 10.9. The number of aliphatic carboxylic acids is 1. The summed E-state index contributed by atoms with van der Waals surface area (Å²) in [5.41, 5.74) is 0. The van der Waals surface area contributed by atoms with E-state index >= 15 is 0 Å². The first-order valence-corrected chi connectivity index (χ1v) is 6.26. The first kappa shape index (κ1) is 13.0. The van der Waals surface area contributed by atoms with E-state index in [2.05, 4.69) is 15.0 Å². The molecule has 6 heteroatoms. The summed E-state index contributed by atoms with van der Waals surface area (Å²) in [5, 5.41) is 12.9. The summed E-state index contributed by atoms with van der Waals surface area (Å²) < 4.78 is 5.24. The number of carboxylic acids is 1. The predicted octanol–water partition coefficient (Wildman–Crippen LogP) is 1.14. The average Bonchev–Trinajstić information content (AvgIpc) is 2.95. The molecule has 0 bridgehead atoms. The van der Waals surface area contributed by atoms with Gasteiger partial charge in [-0.1, -0.05) is 5.16 Å². The zero-order chi connectivity index (χ0) is 13.1. The smallest absolute Gasteiger partial charge is 0.306 e. The van der Waals surface area contributed by atoms with E-state index in [4.69, 9.17) is 9.63 Å². The van der Waals surface area contributed by atoms with E-state index in [9.17, 15) is 4.79 Å². The topological polar surface area (TPSA) is 79.5 Å². The highest BCUT2D eigenvalue weighted by atomic mass is 16.5. The molecule has 100 valence electrons. The molecule has 6 nitrogen and oxygen atoms in total. The number of carbonyl (C=O) groups is 1. The highest BCUT2D eigenvalue weighted by Crippen LogP contribution is 2.37. The van der Waals surface area contributed by atoms with Gasteiger partial charge in [-0.2, -0.15) is 4.98 Å². The van der Waals surface area contributed by atoms with Crippen LogP contribution in [0, 0.1) is 5.92 Å². The number of carboxylic acid groups (broad SMARTS) is 1. The Kier molecular flexibility index (Phi) is 3.96. The van der Waals surface area contributed by atoms with Crippen molar-refractivity contribution in [1.29, 1.82) is 0 Å². The maximum atomic E-state index is 10.9. The van der Waals surface area contributed by atoms with Gasteiger partial charge in [-0.15, -0.1) is 0 Å². The molecule has 0 spiro atoms. The SMILES string of the molecule is CN(C)CCc1noc(C2CCC(C(=O)O)C2)n1. The fourth-order valence-corrected chi connectivity index (χ4v) is 2.29. The number of hydrogen-bond donors (Lipinski definition) is 1. The number of aromatic nitrogens is 2. The molecule has 1 aromatic rings. The molecule has 18 heavy (non-hydrogen) atoms. The fourth-order valence-electron chi connectivity index (χ4n) is 2.29. The monoisotopic (exact) mass is 253 g/mol. The molecule has 1 heterocycles. The number of rotatable bonds is 5. The third-order valence-electron chi connectivity index (χ3n) is 3.40. The molecule has 1 aliphatic rings. The third kappa shape index (κ3) is 3.07. The van der Waals surface area contributed by atoms with Crippen molar-refractivity contribution in [3.05, 3.63) is 11.7 Å². The Morgan fingerprint density at radius 2 is 2.28 bits per heavy atom. The Morgan fingerprint density at radius 1 is 1.50 bits per heavy atom. The van der Waals surface area contributed by atoms with Crippen molar-refractivity contribution in [2.45, 2.75) is 31.6 Å². The lowest BCUT2D eigenvalue weighted by Crippen LogP contribution is -2.15. The number of hydrogen-bond acceptors (Lipinski definition) is 5. The summed E-state index contributed by atoms with van der Waals surface area (Å²) in [7, 11) is 3.99. The van der Waals surface area contributed by atoms with E-state index < -0.39 is 5.97 Å². The highest BCUT2D eigenvalue weighted by molar-refractivity contribution is 5.70. The molecule has 1 N–H and O–H groups in total. The predicted molar refractivity (Wildman–Crippen MR) is 64.3 cm³/mol. The van der Waals surface area contributed by atoms with Crippen LogP contribution < -0.4 is 0 Å². The van der Waals surface area contributed by atoms with Gasteiger partial charge in [0.25, 0.3) is 0 Å². The Hall–Kier alpha value is -1.43. The van der Waals surface area contributed by atoms with Gasteiger partial charge in [0.1, 0.15) is 0 Å². The van der Waals surface area contributed by atoms with E-state index in [1.165, 1.54) is 0 Å². The van der Waals surface area contributed by atoms with Crippen LogP contribution in [0.3, 0.4) is 0 Å². The molecule has 1 fully saturated rings. The lowest BCUT2D eigenvalue weighted by molar-refractivity contribution is -0.141. The molecule has 1 saturated carbocycles. The fraction of sp³-hybridized carbons (Fsp3) is 0.750. The van der Waals surface area contributed by atoms with Gasteiger partial charge in [0.05, 0.1) is 5.92 Å². The van der Waals surface area contributed by atoms with E-state index in [-0.39, 0.29) is 11.8 Å². The zero-order valence-electron chi connectivity index (χ0n) is 10.8. The second-order valence-corrected chi connectivity index (χ2v) is 5.15. The van der Waals surface area contributed by atoms with Crippen LogP contribution in [-0.2, 0) is 11.2 Å². The summed E-state index contributed by atoms with van der Waals surface area (Å²) in [6, 6.07) is 0. The Balaban J connectivity index is 1.92. The summed E-state index contributed by atoms with van der Waals surface area (Å²) >= 11 is 0. The van der Waals surface area contributed by atoms with Crippen molar-refractivity contribution >= 4 is 5.97 Å². The van der Waals surface area contributed by atoms with Crippen LogP contribution in [-0.4, -0.2) is 46.8 Å². The molecule has 1 aliphatic carbocycles. The van der Waals surface area contributed by atoms with Gasteiger partial charge < -0.3 is 14.5 Å².